The van der Waals surface area contributed by atoms with E-state index in [2.05, 4.69) is 11.4 Å². The van der Waals surface area contributed by atoms with Crippen LogP contribution in [0.1, 0.15) is 32.1 Å². The summed E-state index contributed by atoms with van der Waals surface area (Å²) in [4.78, 5) is 14.4. The molecule has 1 atom stereocenters. The highest BCUT2D eigenvalue weighted by molar-refractivity contribution is 5.93. The van der Waals surface area contributed by atoms with E-state index < -0.39 is 0 Å². The van der Waals surface area contributed by atoms with Crippen LogP contribution in [-0.2, 0) is 4.79 Å². The second kappa shape index (κ2) is 6.29. The number of likely N-dealkylation sites (tertiary alicyclic amines) is 1. The second-order valence-corrected chi connectivity index (χ2v) is 5.86. The van der Waals surface area contributed by atoms with Crippen LogP contribution in [0.2, 0.25) is 0 Å². The molecule has 1 aromatic carbocycles. The van der Waals surface area contributed by atoms with Crippen molar-refractivity contribution >= 4 is 11.6 Å². The molecule has 0 spiro atoms. The van der Waals surface area contributed by atoms with Gasteiger partial charge < -0.3 is 10.2 Å². The van der Waals surface area contributed by atoms with E-state index in [0.29, 0.717) is 0 Å². The van der Waals surface area contributed by atoms with Gasteiger partial charge in [-0.3, -0.25) is 4.79 Å². The maximum Gasteiger partial charge on any atom is 0.249 e. The Morgan fingerprint density at radius 1 is 1.24 bits per heavy atom. The highest BCUT2D eigenvalue weighted by atomic mass is 19.1. The number of hydrogen-bond acceptors (Lipinski definition) is 2. The van der Waals surface area contributed by atoms with E-state index in [1.807, 2.05) is 4.90 Å². The number of anilines is 1. The smallest absolute Gasteiger partial charge is 0.249 e. The molecule has 1 aliphatic carbocycles. The minimum Gasteiger partial charge on any atom is -0.381 e. The third-order valence-corrected chi connectivity index (χ3v) is 4.24. The first-order valence-corrected chi connectivity index (χ1v) is 7.73. The molecule has 3 rings (SSSR count). The van der Waals surface area contributed by atoms with Crippen molar-refractivity contribution in [3.8, 4) is 0 Å². The first-order chi connectivity index (χ1) is 10.2. The van der Waals surface area contributed by atoms with Gasteiger partial charge in [0.05, 0.1) is 0 Å². The molecule has 0 bridgehead atoms. The molecule has 1 amide bonds. The molecule has 0 aromatic heterocycles. The Morgan fingerprint density at radius 3 is 2.76 bits per heavy atom. The summed E-state index contributed by atoms with van der Waals surface area (Å²) in [5.41, 5.74) is 1.90. The van der Waals surface area contributed by atoms with Crippen LogP contribution in [0.4, 0.5) is 10.1 Å². The number of hydrogen-bond donors (Lipinski definition) is 1. The van der Waals surface area contributed by atoms with Crippen LogP contribution in [-0.4, -0.2) is 29.9 Å². The zero-order chi connectivity index (χ0) is 14.7. The molecule has 1 N–H and O–H groups in total. The van der Waals surface area contributed by atoms with Crippen LogP contribution in [0.15, 0.2) is 35.9 Å². The van der Waals surface area contributed by atoms with Gasteiger partial charge in [-0.25, -0.2) is 4.39 Å². The average Bonchev–Trinajstić information content (AvgIpc) is 3.03. The van der Waals surface area contributed by atoms with E-state index in [1.54, 1.807) is 12.1 Å². The Balaban J connectivity index is 1.60. The normalized spacial score (nSPS) is 22.0. The molecular formula is C17H21FN2O. The van der Waals surface area contributed by atoms with Crippen molar-refractivity contribution in [2.75, 3.05) is 18.4 Å². The van der Waals surface area contributed by atoms with Gasteiger partial charge in [0.2, 0.25) is 5.91 Å². The number of allylic oxidation sites excluding steroid dienone is 1. The monoisotopic (exact) mass is 288 g/mol. The third-order valence-electron chi connectivity index (χ3n) is 4.24. The molecule has 3 nitrogen and oxygen atoms in total. The molecule has 1 fully saturated rings. The lowest BCUT2D eigenvalue weighted by Crippen LogP contribution is -2.45. The molecule has 1 saturated heterocycles. The zero-order valence-electron chi connectivity index (χ0n) is 12.1. The molecule has 0 radical (unpaired) electrons. The summed E-state index contributed by atoms with van der Waals surface area (Å²) in [5, 5.41) is 3.40. The van der Waals surface area contributed by atoms with Gasteiger partial charge in [0.1, 0.15) is 5.82 Å². The predicted molar refractivity (Wildman–Crippen MR) is 81.6 cm³/mol. The summed E-state index contributed by atoms with van der Waals surface area (Å²) in [6.07, 6.45) is 7.20. The van der Waals surface area contributed by atoms with Crippen molar-refractivity contribution in [3.63, 3.8) is 0 Å². The highest BCUT2D eigenvalue weighted by Crippen LogP contribution is 2.23. The van der Waals surface area contributed by atoms with Gasteiger partial charge in [-0.15, -0.1) is 0 Å². The Kier molecular flexibility index (Phi) is 4.23. The molecule has 1 aliphatic heterocycles. The molecule has 4 heteroatoms. The number of amides is 1. The maximum absolute atomic E-state index is 12.9. The fraction of sp³-hybridized carbons (Fsp3) is 0.471. The summed E-state index contributed by atoms with van der Waals surface area (Å²) in [6, 6.07) is 6.65. The second-order valence-electron chi connectivity index (χ2n) is 5.86. The third kappa shape index (κ3) is 3.43. The molecular weight excluding hydrogens is 267 g/mol. The fourth-order valence-corrected chi connectivity index (χ4v) is 3.13. The van der Waals surface area contributed by atoms with E-state index in [-0.39, 0.29) is 17.8 Å². The van der Waals surface area contributed by atoms with Gasteiger partial charge in [0.25, 0.3) is 0 Å². The minimum absolute atomic E-state index is 0.207. The molecule has 0 saturated carbocycles. The van der Waals surface area contributed by atoms with Crippen LogP contribution in [0.25, 0.3) is 0 Å². The predicted octanol–water partition coefficient (Wildman–Crippen LogP) is 3.34. The molecule has 1 heterocycles. The number of carbonyl (C=O) groups is 1. The standard InChI is InChI=1S/C17H21FN2O/c18-14-7-9-15(10-8-14)19-16-6-3-11-20(12-16)17(21)13-4-1-2-5-13/h4,7-10,16,19H,1-3,5-6,11-12H2/t16-/m1/s1. The Morgan fingerprint density at radius 2 is 2.05 bits per heavy atom. The number of benzene rings is 1. The van der Waals surface area contributed by atoms with Crippen molar-refractivity contribution in [2.45, 2.75) is 38.1 Å². The van der Waals surface area contributed by atoms with Crippen LogP contribution >= 0.6 is 0 Å². The van der Waals surface area contributed by atoms with Crippen molar-refractivity contribution in [3.05, 3.63) is 41.7 Å². The van der Waals surface area contributed by atoms with Crippen molar-refractivity contribution in [2.24, 2.45) is 0 Å². The van der Waals surface area contributed by atoms with Gasteiger partial charge in [0, 0.05) is 30.4 Å². The topological polar surface area (TPSA) is 32.3 Å². The van der Waals surface area contributed by atoms with Crippen LogP contribution < -0.4 is 5.32 Å². The van der Waals surface area contributed by atoms with Gasteiger partial charge in [-0.1, -0.05) is 6.08 Å². The number of nitrogens with one attached hydrogen (secondary N) is 1. The maximum atomic E-state index is 12.9. The first kappa shape index (κ1) is 14.1. The van der Waals surface area contributed by atoms with E-state index >= 15 is 0 Å². The van der Waals surface area contributed by atoms with Gasteiger partial charge in [-0.05, 0) is 56.4 Å². The number of carbonyl (C=O) groups excluding carboxylic acids is 1. The summed E-state index contributed by atoms with van der Waals surface area (Å²) in [6.45, 7) is 1.57. The van der Waals surface area contributed by atoms with E-state index in [0.717, 1.165) is 56.5 Å². The molecule has 112 valence electrons. The minimum atomic E-state index is -0.228. The van der Waals surface area contributed by atoms with Crippen molar-refractivity contribution < 1.29 is 9.18 Å². The van der Waals surface area contributed by atoms with Crippen LogP contribution in [0.5, 0.6) is 0 Å². The van der Waals surface area contributed by atoms with Gasteiger partial charge in [0.15, 0.2) is 0 Å². The van der Waals surface area contributed by atoms with Gasteiger partial charge >= 0.3 is 0 Å². The molecule has 1 aromatic rings. The molecule has 21 heavy (non-hydrogen) atoms. The van der Waals surface area contributed by atoms with Crippen LogP contribution in [0.3, 0.4) is 0 Å². The highest BCUT2D eigenvalue weighted by Gasteiger charge is 2.26. The zero-order valence-corrected chi connectivity index (χ0v) is 12.1. The lowest BCUT2D eigenvalue weighted by atomic mass is 10.0. The van der Waals surface area contributed by atoms with Crippen molar-refractivity contribution in [1.82, 2.24) is 4.90 Å². The first-order valence-electron chi connectivity index (χ1n) is 7.73. The number of piperidine rings is 1. The lowest BCUT2D eigenvalue weighted by molar-refractivity contribution is -0.128. The Hall–Kier alpha value is -1.84. The van der Waals surface area contributed by atoms with E-state index in [1.165, 1.54) is 12.1 Å². The van der Waals surface area contributed by atoms with Gasteiger partial charge in [-0.2, -0.15) is 0 Å². The SMILES string of the molecule is O=C(C1=CCCC1)N1CCC[C@@H](Nc2ccc(F)cc2)C1. The summed E-state index contributed by atoms with van der Waals surface area (Å²) >= 11 is 0. The lowest BCUT2D eigenvalue weighted by Gasteiger charge is -2.34. The summed E-state index contributed by atoms with van der Waals surface area (Å²) in [5.74, 6) is -0.0210. The Bertz CT molecular complexity index is 538. The van der Waals surface area contributed by atoms with Crippen molar-refractivity contribution in [1.29, 1.82) is 0 Å². The average molecular weight is 288 g/mol. The van der Waals surface area contributed by atoms with E-state index in [4.69, 9.17) is 0 Å². The quantitative estimate of drug-likeness (QED) is 0.925. The fourth-order valence-electron chi connectivity index (χ4n) is 3.13. The number of rotatable bonds is 3. The Labute approximate surface area is 124 Å². The van der Waals surface area contributed by atoms with Crippen LogP contribution in [0, 0.1) is 5.82 Å². The molecule has 0 unspecified atom stereocenters. The molecule has 2 aliphatic rings. The summed E-state index contributed by atoms with van der Waals surface area (Å²) < 4.78 is 12.9. The van der Waals surface area contributed by atoms with E-state index in [9.17, 15) is 9.18 Å². The largest absolute Gasteiger partial charge is 0.381 e. The number of nitrogens with zero attached hydrogens (tertiary/aromatic N) is 1. The number of halogens is 1. The summed E-state index contributed by atoms with van der Waals surface area (Å²) in [7, 11) is 0.